The van der Waals surface area contributed by atoms with Crippen molar-refractivity contribution < 1.29 is 17.5 Å². The van der Waals surface area contributed by atoms with Crippen molar-refractivity contribution in [3.63, 3.8) is 0 Å². The van der Waals surface area contributed by atoms with E-state index in [9.17, 15) is 0 Å². The molecule has 0 aliphatic carbocycles. The van der Waals surface area contributed by atoms with Crippen molar-refractivity contribution in [3.05, 3.63) is 18.2 Å². The van der Waals surface area contributed by atoms with E-state index >= 15 is 0 Å². The molecule has 0 radical (unpaired) electrons. The van der Waals surface area contributed by atoms with Crippen LogP contribution in [0.1, 0.15) is 5.82 Å². The van der Waals surface area contributed by atoms with Crippen LogP contribution in [0.2, 0.25) is 0 Å². The highest BCUT2D eigenvalue weighted by atomic mass is 32.3. The molecule has 0 saturated heterocycles. The molecule has 0 aliphatic rings. The zero-order valence-electron chi connectivity index (χ0n) is 5.72. The summed E-state index contributed by atoms with van der Waals surface area (Å²) in [7, 11) is -4.67. The molecule has 1 heterocycles. The summed E-state index contributed by atoms with van der Waals surface area (Å²) >= 11 is 0. The van der Waals surface area contributed by atoms with Gasteiger partial charge in [0.05, 0.1) is 0 Å². The maximum absolute atomic E-state index is 8.74. The molecule has 3 N–H and O–H groups in total. The molecule has 11 heavy (non-hydrogen) atoms. The number of aromatic nitrogens is 2. The number of aromatic amines is 1. The number of imidazole rings is 1. The summed E-state index contributed by atoms with van der Waals surface area (Å²) < 4.78 is 31.6. The first-order valence-electron chi connectivity index (χ1n) is 2.55. The summed E-state index contributed by atoms with van der Waals surface area (Å²) in [6.45, 7) is 1.92. The van der Waals surface area contributed by atoms with E-state index in [1.807, 2.05) is 6.92 Å². The van der Waals surface area contributed by atoms with Crippen molar-refractivity contribution in [1.82, 2.24) is 9.97 Å². The first kappa shape index (κ1) is 10.1. The van der Waals surface area contributed by atoms with Crippen molar-refractivity contribution in [2.45, 2.75) is 6.92 Å². The van der Waals surface area contributed by atoms with E-state index in [2.05, 4.69) is 9.97 Å². The largest absolute Gasteiger partial charge is 0.394 e. The molecule has 1 aromatic rings. The average Bonchev–Trinajstić information content (AvgIpc) is 2.12. The summed E-state index contributed by atoms with van der Waals surface area (Å²) in [6.07, 6.45) is 3.53. The Morgan fingerprint density at radius 2 is 2.00 bits per heavy atom. The molecule has 1 rings (SSSR count). The second-order valence-corrected chi connectivity index (χ2v) is 2.52. The minimum absolute atomic E-state index is 0.968. The van der Waals surface area contributed by atoms with E-state index < -0.39 is 10.4 Å². The quantitative estimate of drug-likeness (QED) is 0.490. The highest BCUT2D eigenvalue weighted by molar-refractivity contribution is 7.79. The SMILES string of the molecule is Cc1ncc[nH]1.O=S(=O)(O)O. The second-order valence-electron chi connectivity index (χ2n) is 1.62. The van der Waals surface area contributed by atoms with E-state index in [0.29, 0.717) is 0 Å². The summed E-state index contributed by atoms with van der Waals surface area (Å²) in [6, 6.07) is 0. The Labute approximate surface area is 63.9 Å². The van der Waals surface area contributed by atoms with Gasteiger partial charge >= 0.3 is 10.4 Å². The summed E-state index contributed by atoms with van der Waals surface area (Å²) in [4.78, 5) is 6.75. The van der Waals surface area contributed by atoms with E-state index in [1.54, 1.807) is 12.4 Å². The normalized spacial score (nSPS) is 10.1. The summed E-state index contributed by atoms with van der Waals surface area (Å²) in [5, 5.41) is 0. The van der Waals surface area contributed by atoms with Crippen molar-refractivity contribution in [2.75, 3.05) is 0 Å². The van der Waals surface area contributed by atoms with E-state index in [4.69, 9.17) is 17.5 Å². The van der Waals surface area contributed by atoms with Gasteiger partial charge in [0, 0.05) is 12.4 Å². The topological polar surface area (TPSA) is 103 Å². The van der Waals surface area contributed by atoms with Gasteiger partial charge in [-0.05, 0) is 6.92 Å². The van der Waals surface area contributed by atoms with Gasteiger partial charge in [-0.1, -0.05) is 0 Å². The predicted octanol–water partition coefficient (Wildman–Crippen LogP) is 0.0653. The second kappa shape index (κ2) is 4.06. The molecule has 1 aromatic heterocycles. The minimum atomic E-state index is -4.67. The number of rotatable bonds is 0. The molecule has 0 atom stereocenters. The maximum Gasteiger partial charge on any atom is 0.394 e. The van der Waals surface area contributed by atoms with Crippen molar-refractivity contribution in [3.8, 4) is 0 Å². The Morgan fingerprint density at radius 3 is 2.09 bits per heavy atom. The highest BCUT2D eigenvalue weighted by Gasteiger charge is 1.84. The minimum Gasteiger partial charge on any atom is -0.349 e. The van der Waals surface area contributed by atoms with Gasteiger partial charge in [0.2, 0.25) is 0 Å². The van der Waals surface area contributed by atoms with Crippen LogP contribution in [0.3, 0.4) is 0 Å². The molecule has 0 aliphatic heterocycles. The van der Waals surface area contributed by atoms with Crippen LogP contribution in [0.4, 0.5) is 0 Å². The van der Waals surface area contributed by atoms with Gasteiger partial charge in [-0.3, -0.25) is 9.11 Å². The van der Waals surface area contributed by atoms with Crippen LogP contribution in [0.25, 0.3) is 0 Å². The number of nitrogens with zero attached hydrogens (tertiary/aromatic N) is 1. The Balaban J connectivity index is 0.000000187. The van der Waals surface area contributed by atoms with Crippen LogP contribution in [-0.4, -0.2) is 27.5 Å². The molecular formula is C4H8N2O4S. The van der Waals surface area contributed by atoms with Crippen LogP contribution >= 0.6 is 0 Å². The smallest absolute Gasteiger partial charge is 0.349 e. The van der Waals surface area contributed by atoms with Gasteiger partial charge in [0.15, 0.2) is 0 Å². The molecule has 7 heteroatoms. The van der Waals surface area contributed by atoms with Gasteiger partial charge in [0.25, 0.3) is 0 Å². The third-order valence-corrected chi connectivity index (χ3v) is 0.635. The van der Waals surface area contributed by atoms with Crippen LogP contribution in [0, 0.1) is 6.92 Å². The van der Waals surface area contributed by atoms with Gasteiger partial charge in [-0.25, -0.2) is 4.98 Å². The summed E-state index contributed by atoms with van der Waals surface area (Å²) in [5.41, 5.74) is 0. The Kier molecular flexibility index (Phi) is 3.72. The van der Waals surface area contributed by atoms with Crippen molar-refractivity contribution in [1.29, 1.82) is 0 Å². The molecule has 64 valence electrons. The Hall–Kier alpha value is -0.920. The third-order valence-electron chi connectivity index (χ3n) is 0.635. The molecule has 0 amide bonds. The zero-order chi connectivity index (χ0) is 8.91. The fourth-order valence-corrected chi connectivity index (χ4v) is 0.344. The summed E-state index contributed by atoms with van der Waals surface area (Å²) in [5.74, 6) is 0.968. The molecule has 0 unspecified atom stereocenters. The Morgan fingerprint density at radius 1 is 1.55 bits per heavy atom. The van der Waals surface area contributed by atoms with Gasteiger partial charge in [-0.2, -0.15) is 8.42 Å². The molecule has 0 fully saturated rings. The van der Waals surface area contributed by atoms with Crippen molar-refractivity contribution >= 4 is 10.4 Å². The monoisotopic (exact) mass is 180 g/mol. The predicted molar refractivity (Wildman–Crippen MR) is 37.5 cm³/mol. The number of hydrogen-bond donors (Lipinski definition) is 3. The Bertz CT molecular complexity index is 269. The number of nitrogens with one attached hydrogen (secondary N) is 1. The van der Waals surface area contributed by atoms with E-state index in [0.717, 1.165) is 5.82 Å². The van der Waals surface area contributed by atoms with Crippen LogP contribution in [0.15, 0.2) is 12.4 Å². The lowest BCUT2D eigenvalue weighted by Crippen LogP contribution is -1.89. The van der Waals surface area contributed by atoms with Gasteiger partial charge in [0.1, 0.15) is 5.82 Å². The first-order valence-corrected chi connectivity index (χ1v) is 3.95. The lowest BCUT2D eigenvalue weighted by atomic mass is 10.8. The maximum atomic E-state index is 8.74. The fourth-order valence-electron chi connectivity index (χ4n) is 0.344. The number of H-pyrrole nitrogens is 1. The van der Waals surface area contributed by atoms with Crippen molar-refractivity contribution in [2.24, 2.45) is 0 Å². The van der Waals surface area contributed by atoms with Crippen LogP contribution < -0.4 is 0 Å². The lowest BCUT2D eigenvalue weighted by molar-refractivity contribution is 0.381. The molecular weight excluding hydrogens is 172 g/mol. The van der Waals surface area contributed by atoms with Gasteiger partial charge in [-0.15, -0.1) is 0 Å². The first-order chi connectivity index (χ1) is 4.89. The third kappa shape index (κ3) is 12.3. The molecule has 0 aromatic carbocycles. The molecule has 0 spiro atoms. The number of aryl methyl sites for hydroxylation is 1. The molecule has 0 bridgehead atoms. The highest BCUT2D eigenvalue weighted by Crippen LogP contribution is 1.78. The average molecular weight is 180 g/mol. The standard InChI is InChI=1S/C4H6N2.H2O4S/c1-4-5-2-3-6-4;1-5(2,3)4/h2-3H,1H3,(H,5,6);(H2,1,2,3,4). The van der Waals surface area contributed by atoms with E-state index in [1.165, 1.54) is 0 Å². The van der Waals surface area contributed by atoms with Crippen LogP contribution in [-0.2, 0) is 10.4 Å². The van der Waals surface area contributed by atoms with Gasteiger partial charge < -0.3 is 4.98 Å². The molecule has 6 nitrogen and oxygen atoms in total. The fraction of sp³-hybridized carbons (Fsp3) is 0.250. The van der Waals surface area contributed by atoms with E-state index in [-0.39, 0.29) is 0 Å². The van der Waals surface area contributed by atoms with Crippen LogP contribution in [0.5, 0.6) is 0 Å². The molecule has 0 saturated carbocycles. The number of hydrogen-bond acceptors (Lipinski definition) is 3. The lowest BCUT2D eigenvalue weighted by Gasteiger charge is -1.68. The zero-order valence-corrected chi connectivity index (χ0v) is 6.54.